The largest absolute Gasteiger partial charge is 0.491 e. The highest BCUT2D eigenvalue weighted by Gasteiger charge is 2.24. The number of nitrogens with zero attached hydrogens (tertiary/aromatic N) is 1. The Morgan fingerprint density at radius 3 is 3.00 bits per heavy atom. The van der Waals surface area contributed by atoms with Crippen molar-refractivity contribution in [1.82, 2.24) is 4.90 Å². The molecular weight excluding hydrogens is 272 g/mol. The molecular formula is C15H24N2O4. The molecule has 0 saturated carbocycles. The van der Waals surface area contributed by atoms with E-state index in [-0.39, 0.29) is 19.3 Å². The Hall–Kier alpha value is -1.18. The van der Waals surface area contributed by atoms with Gasteiger partial charge >= 0.3 is 0 Å². The molecule has 118 valence electrons. The number of para-hydroxylation sites is 1. The number of hydrogen-bond acceptors (Lipinski definition) is 6. The van der Waals surface area contributed by atoms with Crippen molar-refractivity contribution in [3.8, 4) is 5.75 Å². The third-order valence-corrected chi connectivity index (χ3v) is 3.63. The second-order valence-corrected chi connectivity index (χ2v) is 5.18. The van der Waals surface area contributed by atoms with Crippen LogP contribution in [0.2, 0.25) is 0 Å². The minimum Gasteiger partial charge on any atom is -0.491 e. The van der Waals surface area contributed by atoms with Gasteiger partial charge in [0, 0.05) is 25.2 Å². The molecule has 1 aliphatic rings. The van der Waals surface area contributed by atoms with Gasteiger partial charge in [0.2, 0.25) is 0 Å². The van der Waals surface area contributed by atoms with Crippen molar-refractivity contribution in [1.29, 1.82) is 0 Å². The fourth-order valence-corrected chi connectivity index (χ4v) is 2.42. The summed E-state index contributed by atoms with van der Waals surface area (Å²) in [5.74, 6) is 0.708. The van der Waals surface area contributed by atoms with E-state index >= 15 is 0 Å². The zero-order valence-corrected chi connectivity index (χ0v) is 12.1. The molecule has 2 unspecified atom stereocenters. The van der Waals surface area contributed by atoms with Crippen molar-refractivity contribution >= 4 is 0 Å². The number of benzene rings is 1. The Kier molecular flexibility index (Phi) is 6.41. The van der Waals surface area contributed by atoms with E-state index in [1.165, 1.54) is 0 Å². The molecule has 0 aromatic heterocycles. The number of aliphatic hydroxyl groups is 2. The Balaban J connectivity index is 1.82. The highest BCUT2D eigenvalue weighted by Crippen LogP contribution is 2.17. The summed E-state index contributed by atoms with van der Waals surface area (Å²) in [6.45, 7) is 2.93. The summed E-state index contributed by atoms with van der Waals surface area (Å²) in [6, 6.07) is 7.49. The normalized spacial score (nSPS) is 21.2. The van der Waals surface area contributed by atoms with E-state index in [0.717, 1.165) is 5.56 Å². The summed E-state index contributed by atoms with van der Waals surface area (Å²) in [5, 5.41) is 19.4. The number of nitrogens with two attached hydrogens (primary N) is 1. The summed E-state index contributed by atoms with van der Waals surface area (Å²) in [7, 11) is 0. The lowest BCUT2D eigenvalue weighted by Gasteiger charge is -2.35. The number of rotatable bonds is 7. The van der Waals surface area contributed by atoms with Gasteiger partial charge in [0.05, 0.1) is 25.9 Å². The Morgan fingerprint density at radius 2 is 2.24 bits per heavy atom. The monoisotopic (exact) mass is 296 g/mol. The van der Waals surface area contributed by atoms with Gasteiger partial charge in [-0.25, -0.2) is 0 Å². The van der Waals surface area contributed by atoms with Crippen LogP contribution in [-0.2, 0) is 11.3 Å². The lowest BCUT2D eigenvalue weighted by Crippen LogP contribution is -2.50. The van der Waals surface area contributed by atoms with Crippen LogP contribution in [0.15, 0.2) is 24.3 Å². The number of hydrogen-bond donors (Lipinski definition) is 3. The molecule has 6 heteroatoms. The predicted molar refractivity (Wildman–Crippen MR) is 79.1 cm³/mol. The molecule has 1 aromatic rings. The van der Waals surface area contributed by atoms with Gasteiger partial charge in [0.1, 0.15) is 18.5 Å². The lowest BCUT2D eigenvalue weighted by atomic mass is 10.2. The zero-order chi connectivity index (χ0) is 15.1. The Bertz CT molecular complexity index is 430. The quantitative estimate of drug-likeness (QED) is 0.633. The fraction of sp³-hybridized carbons (Fsp3) is 0.600. The van der Waals surface area contributed by atoms with E-state index in [1.54, 1.807) is 0 Å². The Morgan fingerprint density at radius 1 is 1.43 bits per heavy atom. The van der Waals surface area contributed by atoms with Crippen molar-refractivity contribution in [2.45, 2.75) is 18.7 Å². The van der Waals surface area contributed by atoms with Crippen molar-refractivity contribution in [2.75, 3.05) is 39.5 Å². The maximum Gasteiger partial charge on any atom is 0.123 e. The maximum atomic E-state index is 10.1. The molecule has 2 atom stereocenters. The topological polar surface area (TPSA) is 88.2 Å². The molecule has 0 bridgehead atoms. The first-order chi connectivity index (χ1) is 10.2. The highest BCUT2D eigenvalue weighted by atomic mass is 16.5. The summed E-state index contributed by atoms with van der Waals surface area (Å²) >= 11 is 0. The molecule has 0 radical (unpaired) electrons. The molecule has 4 N–H and O–H groups in total. The molecule has 6 nitrogen and oxygen atoms in total. The minimum atomic E-state index is -0.622. The van der Waals surface area contributed by atoms with Gasteiger partial charge in [-0.2, -0.15) is 0 Å². The number of β-amino-alcohol motifs (C(OH)–C–C–N with tert-alkyl or cyclic N) is 1. The van der Waals surface area contributed by atoms with E-state index in [2.05, 4.69) is 0 Å². The van der Waals surface area contributed by atoms with Gasteiger partial charge in [0.15, 0.2) is 0 Å². The average Bonchev–Trinajstić information content (AvgIpc) is 2.53. The highest BCUT2D eigenvalue weighted by molar-refractivity contribution is 5.32. The maximum absolute atomic E-state index is 10.1. The van der Waals surface area contributed by atoms with Crippen molar-refractivity contribution < 1.29 is 19.7 Å². The third kappa shape index (κ3) is 4.66. The van der Waals surface area contributed by atoms with E-state index < -0.39 is 6.10 Å². The second-order valence-electron chi connectivity index (χ2n) is 5.18. The molecule has 1 aromatic carbocycles. The van der Waals surface area contributed by atoms with Crippen molar-refractivity contribution in [2.24, 2.45) is 5.73 Å². The smallest absolute Gasteiger partial charge is 0.123 e. The molecule has 0 aliphatic carbocycles. The van der Waals surface area contributed by atoms with Crippen LogP contribution in [0.4, 0.5) is 0 Å². The fourth-order valence-electron chi connectivity index (χ4n) is 2.42. The number of ether oxygens (including phenoxy) is 2. The molecule has 1 fully saturated rings. The van der Waals surface area contributed by atoms with Crippen LogP contribution in [0.1, 0.15) is 5.56 Å². The van der Waals surface area contributed by atoms with Crippen LogP contribution in [0.5, 0.6) is 5.75 Å². The molecule has 0 spiro atoms. The number of morpholine rings is 1. The van der Waals surface area contributed by atoms with Gasteiger partial charge in [-0.1, -0.05) is 18.2 Å². The standard InChI is InChI=1S/C15H24N2O4/c16-7-12-3-1-2-4-15(12)21-11-14(19)8-17-5-6-20-10-13(17)9-18/h1-4,13-14,18-19H,5-11,16H2. The molecule has 1 heterocycles. The Labute approximate surface area is 125 Å². The van der Waals surface area contributed by atoms with Gasteiger partial charge in [-0.05, 0) is 6.07 Å². The van der Waals surface area contributed by atoms with E-state index in [0.29, 0.717) is 38.6 Å². The summed E-state index contributed by atoms with van der Waals surface area (Å²) in [4.78, 5) is 2.03. The second kappa shape index (κ2) is 8.31. The van der Waals surface area contributed by atoms with E-state index in [4.69, 9.17) is 15.2 Å². The molecule has 1 aliphatic heterocycles. The molecule has 1 saturated heterocycles. The summed E-state index contributed by atoms with van der Waals surface area (Å²) < 4.78 is 11.0. The first-order valence-corrected chi connectivity index (χ1v) is 7.26. The van der Waals surface area contributed by atoms with E-state index in [1.807, 2.05) is 29.2 Å². The van der Waals surface area contributed by atoms with Gasteiger partial charge in [-0.3, -0.25) is 4.90 Å². The van der Waals surface area contributed by atoms with Crippen LogP contribution in [0.25, 0.3) is 0 Å². The SMILES string of the molecule is NCc1ccccc1OCC(O)CN1CCOCC1CO. The first-order valence-electron chi connectivity index (χ1n) is 7.26. The average molecular weight is 296 g/mol. The molecule has 0 amide bonds. The van der Waals surface area contributed by atoms with E-state index in [9.17, 15) is 10.2 Å². The zero-order valence-electron chi connectivity index (χ0n) is 12.1. The molecule has 2 rings (SSSR count). The summed E-state index contributed by atoms with van der Waals surface area (Å²) in [6.07, 6.45) is -0.622. The van der Waals surface area contributed by atoms with Crippen LogP contribution in [0.3, 0.4) is 0 Å². The van der Waals surface area contributed by atoms with Crippen molar-refractivity contribution in [3.05, 3.63) is 29.8 Å². The number of aliphatic hydroxyl groups excluding tert-OH is 2. The van der Waals surface area contributed by atoms with Crippen LogP contribution in [0, 0.1) is 0 Å². The lowest BCUT2D eigenvalue weighted by molar-refractivity contribution is -0.0481. The molecule has 21 heavy (non-hydrogen) atoms. The minimum absolute atomic E-state index is 0.0313. The van der Waals surface area contributed by atoms with Gasteiger partial charge in [0.25, 0.3) is 0 Å². The third-order valence-electron chi connectivity index (χ3n) is 3.63. The van der Waals surface area contributed by atoms with Crippen LogP contribution >= 0.6 is 0 Å². The predicted octanol–water partition coefficient (Wildman–Crippen LogP) is -0.422. The van der Waals surface area contributed by atoms with Crippen LogP contribution in [-0.4, -0.2) is 66.8 Å². The van der Waals surface area contributed by atoms with Gasteiger partial charge < -0.3 is 25.4 Å². The summed E-state index contributed by atoms with van der Waals surface area (Å²) in [5.41, 5.74) is 6.57. The first kappa shape index (κ1) is 16.2. The van der Waals surface area contributed by atoms with Crippen molar-refractivity contribution in [3.63, 3.8) is 0 Å². The van der Waals surface area contributed by atoms with Gasteiger partial charge in [-0.15, -0.1) is 0 Å². The van der Waals surface area contributed by atoms with Crippen LogP contribution < -0.4 is 10.5 Å².